The van der Waals surface area contributed by atoms with Crippen LogP contribution in [0.3, 0.4) is 0 Å². The normalized spacial score (nSPS) is 19.2. The van der Waals surface area contributed by atoms with Crippen LogP contribution in [0.4, 0.5) is 10.5 Å². The fraction of sp³-hybridized carbons (Fsp3) is 0.429. The van der Waals surface area contributed by atoms with Crippen molar-refractivity contribution in [1.29, 1.82) is 0 Å². The Labute approximate surface area is 118 Å². The molecule has 6 nitrogen and oxygen atoms in total. The van der Waals surface area contributed by atoms with Crippen molar-refractivity contribution in [2.45, 2.75) is 0 Å². The first-order chi connectivity index (χ1) is 9.78. The summed E-state index contributed by atoms with van der Waals surface area (Å²) in [7, 11) is 1.63. The number of anilines is 1. The third-order valence-corrected chi connectivity index (χ3v) is 3.62. The minimum absolute atomic E-state index is 0.191. The van der Waals surface area contributed by atoms with E-state index in [1.54, 1.807) is 12.0 Å². The molecule has 0 aromatic heterocycles. The zero-order valence-electron chi connectivity index (χ0n) is 11.5. The van der Waals surface area contributed by atoms with Crippen molar-refractivity contribution in [3.05, 3.63) is 24.3 Å². The molecule has 0 radical (unpaired) electrons. The summed E-state index contributed by atoms with van der Waals surface area (Å²) >= 11 is 0. The van der Waals surface area contributed by atoms with Crippen LogP contribution in [0.1, 0.15) is 0 Å². The third-order valence-electron chi connectivity index (χ3n) is 3.62. The van der Waals surface area contributed by atoms with Gasteiger partial charge in [0.15, 0.2) is 0 Å². The zero-order valence-corrected chi connectivity index (χ0v) is 11.5. The molecule has 0 unspecified atom stereocenters. The SMILES string of the molecule is COc1ccc(N2CC(N3CCNCC3)=NC2=O)cc1. The molecule has 2 amide bonds. The number of amidine groups is 1. The van der Waals surface area contributed by atoms with Crippen LogP contribution in [0, 0.1) is 0 Å². The quantitative estimate of drug-likeness (QED) is 0.872. The second-order valence-electron chi connectivity index (χ2n) is 4.83. The number of carbonyl (C=O) groups is 1. The second-order valence-corrected chi connectivity index (χ2v) is 4.83. The van der Waals surface area contributed by atoms with Crippen molar-refractivity contribution in [1.82, 2.24) is 10.2 Å². The molecule has 1 aromatic rings. The Morgan fingerprint density at radius 3 is 2.55 bits per heavy atom. The number of rotatable bonds is 2. The van der Waals surface area contributed by atoms with Gasteiger partial charge in [-0.1, -0.05) is 0 Å². The van der Waals surface area contributed by atoms with E-state index in [0.717, 1.165) is 43.5 Å². The number of piperazine rings is 1. The van der Waals surface area contributed by atoms with Crippen molar-refractivity contribution in [3.8, 4) is 5.75 Å². The minimum atomic E-state index is -0.191. The zero-order chi connectivity index (χ0) is 13.9. The van der Waals surface area contributed by atoms with E-state index in [4.69, 9.17) is 4.74 Å². The highest BCUT2D eigenvalue weighted by Crippen LogP contribution is 2.22. The van der Waals surface area contributed by atoms with Gasteiger partial charge in [-0.05, 0) is 24.3 Å². The first-order valence-electron chi connectivity index (χ1n) is 6.77. The molecule has 3 rings (SSSR count). The van der Waals surface area contributed by atoms with Gasteiger partial charge in [0.2, 0.25) is 0 Å². The number of hydrogen-bond donors (Lipinski definition) is 1. The Kier molecular flexibility index (Phi) is 3.56. The molecular formula is C14H18N4O2. The van der Waals surface area contributed by atoms with Crippen LogP contribution in [0.25, 0.3) is 0 Å². The fourth-order valence-corrected chi connectivity index (χ4v) is 2.47. The molecule has 0 saturated carbocycles. The van der Waals surface area contributed by atoms with Gasteiger partial charge >= 0.3 is 6.03 Å². The largest absolute Gasteiger partial charge is 0.497 e. The number of urea groups is 1. The number of nitrogens with zero attached hydrogens (tertiary/aromatic N) is 3. The average molecular weight is 274 g/mol. The summed E-state index contributed by atoms with van der Waals surface area (Å²) in [5, 5.41) is 3.30. The van der Waals surface area contributed by atoms with E-state index in [-0.39, 0.29) is 6.03 Å². The van der Waals surface area contributed by atoms with Gasteiger partial charge in [0.05, 0.1) is 13.7 Å². The summed E-state index contributed by atoms with van der Waals surface area (Å²) in [6, 6.07) is 7.28. The summed E-state index contributed by atoms with van der Waals surface area (Å²) in [5.74, 6) is 1.65. The van der Waals surface area contributed by atoms with Crippen molar-refractivity contribution in [3.63, 3.8) is 0 Å². The molecule has 0 aliphatic carbocycles. The molecule has 1 aromatic carbocycles. The molecule has 0 bridgehead atoms. The van der Waals surface area contributed by atoms with Gasteiger partial charge in [-0.25, -0.2) is 4.79 Å². The van der Waals surface area contributed by atoms with Crippen molar-refractivity contribution in [2.75, 3.05) is 44.7 Å². The van der Waals surface area contributed by atoms with E-state index >= 15 is 0 Å². The number of carbonyl (C=O) groups excluding carboxylic acids is 1. The maximum absolute atomic E-state index is 12.0. The Morgan fingerprint density at radius 2 is 1.90 bits per heavy atom. The molecule has 2 heterocycles. The Bertz CT molecular complexity index is 520. The predicted octanol–water partition coefficient (Wildman–Crippen LogP) is 0.939. The van der Waals surface area contributed by atoms with Gasteiger partial charge in [0.25, 0.3) is 0 Å². The standard InChI is InChI=1S/C14H18N4O2/c1-20-12-4-2-11(3-5-12)18-10-13(16-14(18)19)17-8-6-15-7-9-17/h2-5,15H,6-10H2,1H3. The van der Waals surface area contributed by atoms with E-state index in [1.807, 2.05) is 24.3 Å². The van der Waals surface area contributed by atoms with Crippen LogP contribution in [0.2, 0.25) is 0 Å². The first-order valence-corrected chi connectivity index (χ1v) is 6.77. The summed E-state index contributed by atoms with van der Waals surface area (Å²) in [4.78, 5) is 20.1. The van der Waals surface area contributed by atoms with Crippen LogP contribution >= 0.6 is 0 Å². The topological polar surface area (TPSA) is 57.2 Å². The van der Waals surface area contributed by atoms with Crippen LogP contribution < -0.4 is 15.0 Å². The monoisotopic (exact) mass is 274 g/mol. The number of methoxy groups -OCH3 is 1. The van der Waals surface area contributed by atoms with Gasteiger partial charge in [-0.3, -0.25) is 4.90 Å². The molecule has 1 fully saturated rings. The number of amides is 2. The van der Waals surface area contributed by atoms with Gasteiger partial charge in [0, 0.05) is 31.9 Å². The third kappa shape index (κ3) is 2.46. The number of hydrogen-bond acceptors (Lipinski definition) is 4. The van der Waals surface area contributed by atoms with Crippen LogP contribution in [-0.4, -0.2) is 56.6 Å². The first kappa shape index (κ1) is 12.9. The molecule has 20 heavy (non-hydrogen) atoms. The summed E-state index contributed by atoms with van der Waals surface area (Å²) in [6.45, 7) is 4.24. The molecule has 1 N–H and O–H groups in total. The molecule has 1 saturated heterocycles. The fourth-order valence-electron chi connectivity index (χ4n) is 2.47. The van der Waals surface area contributed by atoms with Gasteiger partial charge in [-0.2, -0.15) is 4.99 Å². The minimum Gasteiger partial charge on any atom is -0.497 e. The average Bonchev–Trinajstić information content (AvgIpc) is 2.90. The van der Waals surface area contributed by atoms with Crippen LogP contribution in [0.15, 0.2) is 29.3 Å². The van der Waals surface area contributed by atoms with Crippen molar-refractivity contribution in [2.24, 2.45) is 4.99 Å². The van der Waals surface area contributed by atoms with Crippen LogP contribution in [-0.2, 0) is 0 Å². The molecular weight excluding hydrogens is 256 g/mol. The van der Waals surface area contributed by atoms with E-state index in [9.17, 15) is 4.79 Å². The van der Waals surface area contributed by atoms with Gasteiger partial charge in [-0.15, -0.1) is 0 Å². The van der Waals surface area contributed by atoms with Crippen molar-refractivity contribution < 1.29 is 9.53 Å². The van der Waals surface area contributed by atoms with E-state index in [0.29, 0.717) is 6.54 Å². The van der Waals surface area contributed by atoms with E-state index in [2.05, 4.69) is 15.2 Å². The number of ether oxygens (including phenoxy) is 1. The molecule has 6 heteroatoms. The van der Waals surface area contributed by atoms with Crippen LogP contribution in [0.5, 0.6) is 5.75 Å². The Hall–Kier alpha value is -2.08. The molecule has 106 valence electrons. The lowest BCUT2D eigenvalue weighted by atomic mass is 10.2. The maximum Gasteiger partial charge on any atom is 0.350 e. The highest BCUT2D eigenvalue weighted by molar-refractivity contribution is 6.11. The lowest BCUT2D eigenvalue weighted by Crippen LogP contribution is -2.47. The molecule has 2 aliphatic rings. The van der Waals surface area contributed by atoms with Gasteiger partial charge in [0.1, 0.15) is 11.6 Å². The number of nitrogens with one attached hydrogen (secondary N) is 1. The number of aliphatic imine (C=N–C) groups is 1. The van der Waals surface area contributed by atoms with E-state index in [1.165, 1.54) is 0 Å². The predicted molar refractivity (Wildman–Crippen MR) is 77.6 cm³/mol. The Morgan fingerprint density at radius 1 is 1.20 bits per heavy atom. The molecule has 0 spiro atoms. The molecule has 2 aliphatic heterocycles. The summed E-state index contributed by atoms with van der Waals surface area (Å²) < 4.78 is 5.13. The lowest BCUT2D eigenvalue weighted by molar-refractivity contribution is 0.256. The Balaban J connectivity index is 1.72. The van der Waals surface area contributed by atoms with E-state index < -0.39 is 0 Å². The highest BCUT2D eigenvalue weighted by atomic mass is 16.5. The maximum atomic E-state index is 12.0. The smallest absolute Gasteiger partial charge is 0.350 e. The highest BCUT2D eigenvalue weighted by Gasteiger charge is 2.28. The summed E-state index contributed by atoms with van der Waals surface area (Å²) in [6.07, 6.45) is 0. The summed E-state index contributed by atoms with van der Waals surface area (Å²) in [5.41, 5.74) is 0.852. The molecule has 0 atom stereocenters. The van der Waals surface area contributed by atoms with Crippen molar-refractivity contribution >= 4 is 17.6 Å². The number of benzene rings is 1. The second kappa shape index (κ2) is 5.50. The van der Waals surface area contributed by atoms with Gasteiger partial charge < -0.3 is 15.0 Å². The lowest BCUT2D eigenvalue weighted by Gasteiger charge is -2.29.